The van der Waals surface area contributed by atoms with Gasteiger partial charge < -0.3 is 5.32 Å². The van der Waals surface area contributed by atoms with E-state index in [1.165, 1.54) is 40.1 Å². The molecule has 0 fully saturated rings. The second kappa shape index (κ2) is 9.40. The summed E-state index contributed by atoms with van der Waals surface area (Å²) in [5.74, 6) is 0.283. The maximum atomic E-state index is 13.5. The maximum absolute atomic E-state index is 13.5. The van der Waals surface area contributed by atoms with Gasteiger partial charge in [-0.25, -0.2) is 4.39 Å². The van der Waals surface area contributed by atoms with E-state index in [-0.39, 0.29) is 23.5 Å². The Morgan fingerprint density at radius 3 is 2.78 bits per heavy atom. The van der Waals surface area contributed by atoms with Crippen molar-refractivity contribution >= 4 is 34.0 Å². The number of aromatic nitrogens is 3. The third-order valence-corrected chi connectivity index (χ3v) is 7.65. The second-order valence-electron chi connectivity index (χ2n) is 7.80. The number of benzene rings is 1. The third kappa shape index (κ3) is 4.41. The number of carbonyl (C=O) groups excluding carboxylic acids is 1. The first-order chi connectivity index (χ1) is 15.4. The van der Waals surface area contributed by atoms with E-state index < -0.39 is 0 Å². The molecular formula is C22H23FN6OS2. The van der Waals surface area contributed by atoms with Crippen molar-refractivity contribution in [1.82, 2.24) is 19.7 Å². The predicted octanol–water partition coefficient (Wildman–Crippen LogP) is 4.18. The molecular weight excluding hydrogens is 447 g/mol. The molecule has 1 aromatic carbocycles. The van der Waals surface area contributed by atoms with Gasteiger partial charge in [0.1, 0.15) is 16.9 Å². The molecule has 166 valence electrons. The number of fused-ring (bicyclic) bond motifs is 1. The average Bonchev–Trinajstić information content (AvgIpc) is 3.46. The van der Waals surface area contributed by atoms with E-state index in [9.17, 15) is 14.4 Å². The summed E-state index contributed by atoms with van der Waals surface area (Å²) >= 11 is 2.75. The molecule has 1 aliphatic carbocycles. The average molecular weight is 471 g/mol. The minimum absolute atomic E-state index is 0.0394. The van der Waals surface area contributed by atoms with Crippen molar-refractivity contribution in [2.75, 3.05) is 25.2 Å². The van der Waals surface area contributed by atoms with Crippen molar-refractivity contribution in [2.45, 2.75) is 37.4 Å². The van der Waals surface area contributed by atoms with Crippen molar-refractivity contribution in [3.05, 3.63) is 51.9 Å². The zero-order chi connectivity index (χ0) is 22.8. The standard InChI is InChI=1S/C22H23FN6OS2/c1-13(28(2)3)20-26-27-22(29(20)15-9-7-14(23)8-10-15)31-12-19(30)25-21-17(11-24)16-5-4-6-18(16)32-21/h7-10,13H,4-6,12H2,1-3H3,(H,25,30)/t13-/m0/s1. The number of hydrogen-bond acceptors (Lipinski definition) is 7. The molecule has 2 heterocycles. The van der Waals surface area contributed by atoms with E-state index in [1.54, 1.807) is 12.1 Å². The molecule has 3 aromatic rings. The monoisotopic (exact) mass is 470 g/mol. The van der Waals surface area contributed by atoms with Crippen molar-refractivity contribution in [3.63, 3.8) is 0 Å². The number of nitrogens with one attached hydrogen (secondary N) is 1. The number of nitrogens with zero attached hydrogens (tertiary/aromatic N) is 5. The van der Waals surface area contributed by atoms with E-state index in [0.717, 1.165) is 30.5 Å². The molecule has 0 radical (unpaired) electrons. The van der Waals surface area contributed by atoms with Crippen LogP contribution < -0.4 is 5.32 Å². The van der Waals surface area contributed by atoms with Gasteiger partial charge in [-0.3, -0.25) is 14.3 Å². The number of halogens is 1. The molecule has 1 N–H and O–H groups in total. The minimum atomic E-state index is -0.325. The summed E-state index contributed by atoms with van der Waals surface area (Å²) in [6.45, 7) is 2.00. The molecule has 32 heavy (non-hydrogen) atoms. The van der Waals surface area contributed by atoms with Crippen LogP contribution in [0.2, 0.25) is 0 Å². The molecule has 1 aliphatic rings. The summed E-state index contributed by atoms with van der Waals surface area (Å²) in [6.07, 6.45) is 2.92. The quantitative estimate of drug-likeness (QED) is 0.521. The van der Waals surface area contributed by atoms with Crippen molar-refractivity contribution in [3.8, 4) is 11.8 Å². The number of thiophene rings is 1. The topological polar surface area (TPSA) is 86.8 Å². The fraction of sp³-hybridized carbons (Fsp3) is 0.364. The van der Waals surface area contributed by atoms with E-state index in [2.05, 4.69) is 21.6 Å². The molecule has 0 saturated carbocycles. The molecule has 0 spiro atoms. The Morgan fingerprint density at radius 2 is 2.09 bits per heavy atom. The lowest BCUT2D eigenvalue weighted by Crippen LogP contribution is -2.21. The largest absolute Gasteiger partial charge is 0.316 e. The van der Waals surface area contributed by atoms with Gasteiger partial charge in [0, 0.05) is 10.6 Å². The lowest BCUT2D eigenvalue weighted by atomic mass is 10.1. The Balaban J connectivity index is 1.54. The molecule has 1 amide bonds. The number of thioether (sulfide) groups is 1. The zero-order valence-corrected chi connectivity index (χ0v) is 19.7. The highest BCUT2D eigenvalue weighted by Gasteiger charge is 2.24. The van der Waals surface area contributed by atoms with E-state index >= 15 is 0 Å². The number of anilines is 1. The maximum Gasteiger partial charge on any atom is 0.235 e. The fourth-order valence-electron chi connectivity index (χ4n) is 3.61. The molecule has 7 nitrogen and oxygen atoms in total. The van der Waals surface area contributed by atoms with Crippen LogP contribution in [-0.2, 0) is 17.6 Å². The summed E-state index contributed by atoms with van der Waals surface area (Å²) in [5.41, 5.74) is 2.40. The van der Waals surface area contributed by atoms with Gasteiger partial charge in [0.25, 0.3) is 0 Å². The Kier molecular flexibility index (Phi) is 6.60. The van der Waals surface area contributed by atoms with Gasteiger partial charge in [-0.1, -0.05) is 11.8 Å². The SMILES string of the molecule is C[C@@H](c1nnc(SCC(=O)Nc2sc3c(c2C#N)CCC3)n1-c1ccc(F)cc1)N(C)C. The van der Waals surface area contributed by atoms with Crippen LogP contribution in [0.5, 0.6) is 0 Å². The molecule has 2 aromatic heterocycles. The van der Waals surface area contributed by atoms with Gasteiger partial charge in [0.15, 0.2) is 11.0 Å². The number of amides is 1. The molecule has 0 saturated heterocycles. The Labute approximate surface area is 194 Å². The Morgan fingerprint density at radius 1 is 1.34 bits per heavy atom. The molecule has 1 atom stereocenters. The van der Waals surface area contributed by atoms with E-state index in [0.29, 0.717) is 21.5 Å². The van der Waals surface area contributed by atoms with Gasteiger partial charge in [-0.05, 0) is 70.1 Å². The van der Waals surface area contributed by atoms with E-state index in [4.69, 9.17) is 0 Å². The summed E-state index contributed by atoms with van der Waals surface area (Å²) in [4.78, 5) is 15.9. The van der Waals surface area contributed by atoms with Crippen LogP contribution in [0.3, 0.4) is 0 Å². The summed E-state index contributed by atoms with van der Waals surface area (Å²) in [5, 5.41) is 22.2. The molecule has 0 bridgehead atoms. The van der Waals surface area contributed by atoms with Gasteiger partial charge >= 0.3 is 0 Å². The van der Waals surface area contributed by atoms with Crippen LogP contribution in [0.25, 0.3) is 5.69 Å². The summed E-state index contributed by atoms with van der Waals surface area (Å²) in [6, 6.07) is 8.32. The normalized spacial score (nSPS) is 13.8. The molecule has 4 rings (SSSR count). The van der Waals surface area contributed by atoms with Crippen LogP contribution in [0.15, 0.2) is 29.4 Å². The first kappa shape index (κ1) is 22.5. The van der Waals surface area contributed by atoms with Gasteiger partial charge in [-0.15, -0.1) is 21.5 Å². The van der Waals surface area contributed by atoms with Gasteiger partial charge in [0.05, 0.1) is 17.4 Å². The molecule has 10 heteroatoms. The van der Waals surface area contributed by atoms with E-state index in [1.807, 2.05) is 30.5 Å². The smallest absolute Gasteiger partial charge is 0.235 e. The lowest BCUT2D eigenvalue weighted by Gasteiger charge is -2.20. The van der Waals surface area contributed by atoms with Crippen LogP contribution in [0.1, 0.15) is 41.2 Å². The highest BCUT2D eigenvalue weighted by molar-refractivity contribution is 7.99. The number of carbonyl (C=O) groups is 1. The first-order valence-electron chi connectivity index (χ1n) is 10.2. The van der Waals surface area contributed by atoms with Crippen LogP contribution >= 0.6 is 23.1 Å². The van der Waals surface area contributed by atoms with Crippen molar-refractivity contribution in [1.29, 1.82) is 5.26 Å². The van der Waals surface area contributed by atoms with Crippen molar-refractivity contribution in [2.24, 2.45) is 0 Å². The minimum Gasteiger partial charge on any atom is -0.316 e. The van der Waals surface area contributed by atoms with Gasteiger partial charge in [-0.2, -0.15) is 5.26 Å². The fourth-order valence-corrected chi connectivity index (χ4v) is 5.63. The molecule has 0 unspecified atom stereocenters. The zero-order valence-electron chi connectivity index (χ0n) is 18.1. The highest BCUT2D eigenvalue weighted by atomic mass is 32.2. The van der Waals surface area contributed by atoms with Gasteiger partial charge in [0.2, 0.25) is 5.91 Å². The molecule has 0 aliphatic heterocycles. The van der Waals surface area contributed by atoms with Crippen LogP contribution in [0, 0.1) is 17.1 Å². The number of aryl methyl sites for hydroxylation is 1. The lowest BCUT2D eigenvalue weighted by molar-refractivity contribution is -0.113. The summed E-state index contributed by atoms with van der Waals surface area (Å²) in [7, 11) is 3.89. The first-order valence-corrected chi connectivity index (χ1v) is 12.0. The number of nitriles is 1. The second-order valence-corrected chi connectivity index (χ2v) is 9.85. The summed E-state index contributed by atoms with van der Waals surface area (Å²) < 4.78 is 15.3. The van der Waals surface area contributed by atoms with Crippen LogP contribution in [0.4, 0.5) is 9.39 Å². The third-order valence-electron chi connectivity index (χ3n) is 5.51. The Bertz CT molecular complexity index is 1180. The van der Waals surface area contributed by atoms with Crippen LogP contribution in [-0.4, -0.2) is 45.4 Å². The number of rotatable bonds is 7. The highest BCUT2D eigenvalue weighted by Crippen LogP contribution is 2.38. The van der Waals surface area contributed by atoms with Crippen molar-refractivity contribution < 1.29 is 9.18 Å². The predicted molar refractivity (Wildman–Crippen MR) is 124 cm³/mol. The number of hydrogen-bond donors (Lipinski definition) is 1. The Hall–Kier alpha value is -2.74.